The summed E-state index contributed by atoms with van der Waals surface area (Å²) in [5, 5.41) is 10.4. The Morgan fingerprint density at radius 3 is 2.65 bits per heavy atom. The van der Waals surface area contributed by atoms with Gasteiger partial charge in [-0.2, -0.15) is 0 Å². The van der Waals surface area contributed by atoms with Gasteiger partial charge in [-0.1, -0.05) is 30.3 Å². The number of fused-ring (bicyclic) bond motifs is 1. The molecule has 1 aliphatic rings. The summed E-state index contributed by atoms with van der Waals surface area (Å²) in [6.45, 7) is 0.627. The molecule has 0 radical (unpaired) electrons. The van der Waals surface area contributed by atoms with Crippen LogP contribution in [0.5, 0.6) is 0 Å². The molecule has 0 bridgehead atoms. The first-order chi connectivity index (χ1) is 12.6. The zero-order chi connectivity index (χ0) is 18.1. The molecule has 1 unspecified atom stereocenters. The summed E-state index contributed by atoms with van der Waals surface area (Å²) in [7, 11) is 0. The number of Topliss-reactive ketones (excluding diaryl/α,β-unsaturated/α-hetero) is 1. The van der Waals surface area contributed by atoms with E-state index in [9.17, 15) is 14.7 Å². The minimum absolute atomic E-state index is 0.0215. The molecule has 1 atom stereocenters. The third kappa shape index (κ3) is 2.86. The summed E-state index contributed by atoms with van der Waals surface area (Å²) >= 11 is 0. The first-order valence-corrected chi connectivity index (χ1v) is 8.71. The van der Waals surface area contributed by atoms with Crippen LogP contribution in [0.1, 0.15) is 22.3 Å². The summed E-state index contributed by atoms with van der Waals surface area (Å²) in [6.07, 6.45) is 1.97. The van der Waals surface area contributed by atoms with Crippen molar-refractivity contribution >= 4 is 22.8 Å². The first kappa shape index (κ1) is 16.4. The van der Waals surface area contributed by atoms with Crippen molar-refractivity contribution < 1.29 is 14.7 Å². The highest BCUT2D eigenvalue weighted by atomic mass is 16.4. The number of H-pyrrole nitrogens is 1. The molecular formula is C21H20N2O3. The number of hydrogen-bond donors (Lipinski definition) is 2. The summed E-state index contributed by atoms with van der Waals surface area (Å²) in [4.78, 5) is 29.4. The Morgan fingerprint density at radius 2 is 1.92 bits per heavy atom. The maximum atomic E-state index is 13.5. The minimum Gasteiger partial charge on any atom is -0.465 e. The largest absolute Gasteiger partial charge is 0.465 e. The predicted octanol–water partition coefficient (Wildman–Crippen LogP) is 3.96. The SMILES string of the molecule is O=C(O)N1CCC(Cc2ccccc2)(C(=O)c2ccc3[nH]ccc3c2)C1. The molecule has 5 nitrogen and oxygen atoms in total. The summed E-state index contributed by atoms with van der Waals surface area (Å²) in [5.74, 6) is 0.0215. The van der Waals surface area contributed by atoms with E-state index in [1.807, 2.05) is 60.8 Å². The second kappa shape index (κ2) is 6.33. The number of amides is 1. The molecule has 0 saturated carbocycles. The highest BCUT2D eigenvalue weighted by molar-refractivity contribution is 6.03. The van der Waals surface area contributed by atoms with Crippen molar-refractivity contribution in [3.63, 3.8) is 0 Å². The van der Waals surface area contributed by atoms with E-state index < -0.39 is 11.5 Å². The molecule has 1 fully saturated rings. The summed E-state index contributed by atoms with van der Waals surface area (Å²) in [5.41, 5.74) is 1.96. The van der Waals surface area contributed by atoms with Crippen LogP contribution in [0.25, 0.3) is 10.9 Å². The van der Waals surface area contributed by atoms with Crippen LogP contribution >= 0.6 is 0 Å². The van der Waals surface area contributed by atoms with Gasteiger partial charge < -0.3 is 15.0 Å². The van der Waals surface area contributed by atoms with Gasteiger partial charge in [0.05, 0.1) is 5.41 Å². The Bertz CT molecular complexity index is 964. The molecule has 26 heavy (non-hydrogen) atoms. The van der Waals surface area contributed by atoms with Gasteiger partial charge in [0.25, 0.3) is 0 Å². The maximum Gasteiger partial charge on any atom is 0.407 e. The van der Waals surface area contributed by atoms with Crippen molar-refractivity contribution in [3.8, 4) is 0 Å². The summed E-state index contributed by atoms with van der Waals surface area (Å²) in [6, 6.07) is 17.4. The highest BCUT2D eigenvalue weighted by Gasteiger charge is 2.46. The van der Waals surface area contributed by atoms with Crippen molar-refractivity contribution in [2.24, 2.45) is 5.41 Å². The topological polar surface area (TPSA) is 73.4 Å². The number of nitrogens with zero attached hydrogens (tertiary/aromatic N) is 1. The first-order valence-electron chi connectivity index (χ1n) is 8.71. The van der Waals surface area contributed by atoms with Crippen molar-refractivity contribution in [3.05, 3.63) is 71.9 Å². The van der Waals surface area contributed by atoms with Crippen molar-refractivity contribution in [2.75, 3.05) is 13.1 Å². The molecule has 0 aliphatic carbocycles. The number of carbonyl (C=O) groups is 2. The number of hydrogen-bond acceptors (Lipinski definition) is 2. The number of ketones is 1. The third-order valence-corrected chi connectivity index (χ3v) is 5.31. The maximum absolute atomic E-state index is 13.5. The number of carbonyl (C=O) groups excluding carboxylic acids is 1. The van der Waals surface area contributed by atoms with Crippen LogP contribution in [0.3, 0.4) is 0 Å². The van der Waals surface area contributed by atoms with Crippen LogP contribution in [0.15, 0.2) is 60.8 Å². The van der Waals surface area contributed by atoms with Crippen LogP contribution in [0.2, 0.25) is 0 Å². The Labute approximate surface area is 151 Å². The molecule has 2 N–H and O–H groups in total. The number of aromatic nitrogens is 1. The normalized spacial score (nSPS) is 19.8. The molecule has 2 aromatic carbocycles. The lowest BCUT2D eigenvalue weighted by Crippen LogP contribution is -2.38. The lowest BCUT2D eigenvalue weighted by Gasteiger charge is -2.28. The molecule has 1 aromatic heterocycles. The Morgan fingerprint density at radius 1 is 1.12 bits per heavy atom. The van der Waals surface area contributed by atoms with Gasteiger partial charge in [-0.25, -0.2) is 4.79 Å². The average Bonchev–Trinajstić information content (AvgIpc) is 3.29. The molecule has 1 saturated heterocycles. The van der Waals surface area contributed by atoms with Gasteiger partial charge in [0.2, 0.25) is 0 Å². The second-order valence-electron chi connectivity index (χ2n) is 7.01. The molecule has 5 heteroatoms. The van der Waals surface area contributed by atoms with E-state index in [0.717, 1.165) is 16.5 Å². The molecule has 3 aromatic rings. The Hall–Kier alpha value is -3.08. The predicted molar refractivity (Wildman–Crippen MR) is 99.4 cm³/mol. The summed E-state index contributed by atoms with van der Waals surface area (Å²) < 4.78 is 0. The zero-order valence-electron chi connectivity index (χ0n) is 14.3. The van der Waals surface area contributed by atoms with Gasteiger partial charge in [-0.3, -0.25) is 4.79 Å². The number of likely N-dealkylation sites (tertiary alicyclic amines) is 1. The van der Waals surface area contributed by atoms with Crippen LogP contribution in [0, 0.1) is 5.41 Å². The van der Waals surface area contributed by atoms with Gasteiger partial charge in [-0.05, 0) is 42.7 Å². The Balaban J connectivity index is 1.72. The number of nitrogens with one attached hydrogen (secondary N) is 1. The molecule has 1 amide bonds. The smallest absolute Gasteiger partial charge is 0.407 e. The fourth-order valence-corrected chi connectivity index (χ4v) is 3.93. The monoisotopic (exact) mass is 348 g/mol. The standard InChI is InChI=1S/C21H20N2O3/c24-19(17-6-7-18-16(12-17)8-10-22-18)21(9-11-23(14-21)20(25)26)13-15-4-2-1-3-5-15/h1-8,10,12,22H,9,11,13-14H2,(H,25,26). The molecule has 0 spiro atoms. The van der Waals surface area contributed by atoms with Gasteiger partial charge in [0.15, 0.2) is 5.78 Å². The van der Waals surface area contributed by atoms with Crippen molar-refractivity contribution in [1.29, 1.82) is 0 Å². The van der Waals surface area contributed by atoms with Crippen LogP contribution in [0.4, 0.5) is 4.79 Å². The number of benzene rings is 2. The van der Waals surface area contributed by atoms with Crippen molar-refractivity contribution in [1.82, 2.24) is 9.88 Å². The van der Waals surface area contributed by atoms with E-state index in [0.29, 0.717) is 24.9 Å². The zero-order valence-corrected chi connectivity index (χ0v) is 14.3. The van der Waals surface area contributed by atoms with E-state index in [-0.39, 0.29) is 12.3 Å². The fraction of sp³-hybridized carbons (Fsp3) is 0.238. The molecule has 4 rings (SSSR count). The number of rotatable bonds is 4. The van der Waals surface area contributed by atoms with Crippen LogP contribution in [-0.2, 0) is 6.42 Å². The van der Waals surface area contributed by atoms with E-state index in [1.165, 1.54) is 4.90 Å². The van der Waals surface area contributed by atoms with E-state index in [2.05, 4.69) is 4.98 Å². The number of aromatic amines is 1. The lowest BCUT2D eigenvalue weighted by atomic mass is 9.74. The highest BCUT2D eigenvalue weighted by Crippen LogP contribution is 2.38. The van der Waals surface area contributed by atoms with E-state index >= 15 is 0 Å². The Kier molecular flexibility index (Phi) is 3.99. The second-order valence-corrected chi connectivity index (χ2v) is 7.01. The quantitative estimate of drug-likeness (QED) is 0.701. The van der Waals surface area contributed by atoms with Gasteiger partial charge >= 0.3 is 6.09 Å². The fourth-order valence-electron chi connectivity index (χ4n) is 3.93. The van der Waals surface area contributed by atoms with E-state index in [1.54, 1.807) is 0 Å². The molecule has 132 valence electrons. The van der Waals surface area contributed by atoms with Crippen LogP contribution < -0.4 is 0 Å². The van der Waals surface area contributed by atoms with Crippen LogP contribution in [-0.4, -0.2) is 40.0 Å². The number of carboxylic acid groups (broad SMARTS) is 1. The van der Waals surface area contributed by atoms with E-state index in [4.69, 9.17) is 0 Å². The van der Waals surface area contributed by atoms with Crippen molar-refractivity contribution in [2.45, 2.75) is 12.8 Å². The van der Waals surface area contributed by atoms with Gasteiger partial charge in [0, 0.05) is 35.8 Å². The molecule has 1 aliphatic heterocycles. The molecule has 2 heterocycles. The van der Waals surface area contributed by atoms with Gasteiger partial charge in [0.1, 0.15) is 0 Å². The third-order valence-electron chi connectivity index (χ3n) is 5.31. The average molecular weight is 348 g/mol. The lowest BCUT2D eigenvalue weighted by molar-refractivity contribution is 0.0796. The minimum atomic E-state index is -0.964. The van der Waals surface area contributed by atoms with Gasteiger partial charge in [-0.15, -0.1) is 0 Å². The molecular weight excluding hydrogens is 328 g/mol.